The number of H-pyrrole nitrogens is 1. The zero-order chi connectivity index (χ0) is 83.1. The Hall–Kier alpha value is -6.81. The van der Waals surface area contributed by atoms with Gasteiger partial charge in [-0.1, -0.05) is 149 Å². The summed E-state index contributed by atoms with van der Waals surface area (Å²) in [5.41, 5.74) is -3.67. The molecule has 23 atom stereocenters. The number of aromatic amines is 1. The summed E-state index contributed by atoms with van der Waals surface area (Å²) in [5, 5.41) is 63.7. The topological polar surface area (TPSA) is 289 Å². The molecule has 6 aromatic rings. The van der Waals surface area contributed by atoms with Crippen LogP contribution in [-0.2, 0) is 44.4 Å². The van der Waals surface area contributed by atoms with Gasteiger partial charge in [0.15, 0.2) is 56.9 Å². The molecule has 9 saturated carbocycles. The Labute approximate surface area is 696 Å². The van der Waals surface area contributed by atoms with Gasteiger partial charge in [-0.3, -0.25) is 33.8 Å². The van der Waals surface area contributed by atoms with Gasteiger partial charge in [-0.05, 0) is 211 Å². The zero-order valence-corrected chi connectivity index (χ0v) is 70.3. The molecule has 0 amide bonds. The minimum absolute atomic E-state index is 0.0105. The van der Waals surface area contributed by atoms with E-state index in [1.54, 1.807) is 54.8 Å². The van der Waals surface area contributed by atoms with Crippen LogP contribution in [0.1, 0.15) is 151 Å². The third-order valence-electron chi connectivity index (χ3n) is 31.5. The number of fused-ring (bicyclic) bond motifs is 20. The Morgan fingerprint density at radius 3 is 1.76 bits per heavy atom. The first-order chi connectivity index (χ1) is 55.2. The van der Waals surface area contributed by atoms with Gasteiger partial charge < -0.3 is 40.0 Å². The molecule has 13 aliphatic rings. The van der Waals surface area contributed by atoms with Crippen LogP contribution in [0, 0.1) is 91.7 Å². The molecule has 1 saturated heterocycles. The van der Waals surface area contributed by atoms with E-state index >= 15 is 0 Å². The Balaban J connectivity index is 0.000000126. The lowest BCUT2D eigenvalue weighted by Crippen LogP contribution is -2.63. The fraction of sp³-hybridized carbons (Fsp3) is 0.543. The fourth-order valence-electron chi connectivity index (χ4n) is 26.3. The van der Waals surface area contributed by atoms with Crippen LogP contribution in [0.3, 0.4) is 0 Å². The number of pyridine rings is 3. The van der Waals surface area contributed by atoms with E-state index in [9.17, 15) is 67.5 Å². The molecule has 6 N–H and O–H groups in total. The number of aromatic nitrogens is 5. The van der Waals surface area contributed by atoms with Crippen molar-refractivity contribution in [1.82, 2.24) is 24.9 Å². The van der Waals surface area contributed by atoms with Crippen LogP contribution < -0.4 is 0 Å². The van der Waals surface area contributed by atoms with Crippen molar-refractivity contribution in [2.75, 3.05) is 17.3 Å². The van der Waals surface area contributed by atoms with Gasteiger partial charge in [0.25, 0.3) is 0 Å². The number of Topliss-reactive ketones (excluding diaryl/α,β-unsaturated/α-hetero) is 3. The van der Waals surface area contributed by atoms with E-state index in [4.69, 9.17) is 21.1 Å². The smallest absolute Gasteiger partial charge is 0.393 e. The molecule has 25 heteroatoms. The highest BCUT2D eigenvalue weighted by molar-refractivity contribution is 8.00. The van der Waals surface area contributed by atoms with Crippen LogP contribution >= 0.6 is 46.9 Å². The van der Waals surface area contributed by atoms with Crippen molar-refractivity contribution in [3.8, 4) is 0 Å². The Kier molecular flexibility index (Phi) is 20.6. The van der Waals surface area contributed by atoms with E-state index in [0.717, 1.165) is 96.0 Å². The first-order valence-corrected chi connectivity index (χ1v) is 44.6. The maximum Gasteiger partial charge on any atom is 0.416 e. The summed E-state index contributed by atoms with van der Waals surface area (Å²) in [5.74, 6) is -0.741. The SMILES string of the molecule is CC1(C)O[C@@H]2CC3C4CCC5=CC(=O)C=CC5(C)C4[C@@H](O)CC3(C)[C@]2(C(=O)CSc2nccc3ccccc23)O1.CC12C=CC(=O)C=C1CCC1C2[C@@H](O)CC2(C)C1CC[C@]2(O)C(=O)CSc1ccnc2cc(C(F)(F)F)ccc12.C[C@@H]1CC2C3CCC4=CC(=O)C=CC4(C)C3[C@@H](O)CC2(C)[C@@]1(O)C(=O)CSc1nc2ncc(Cl)cc2[nH]1. The summed E-state index contributed by atoms with van der Waals surface area (Å²) in [6.07, 6.45) is 22.4. The van der Waals surface area contributed by atoms with Crippen LogP contribution in [0.15, 0.2) is 166 Å². The Morgan fingerprint density at radius 2 is 1.15 bits per heavy atom. The van der Waals surface area contributed by atoms with E-state index in [-0.39, 0.29) is 140 Å². The normalized spacial score (nSPS) is 39.6. The van der Waals surface area contributed by atoms with Gasteiger partial charge >= 0.3 is 6.18 Å². The molecule has 12 aliphatic carbocycles. The number of nitrogens with one attached hydrogen (secondary N) is 1. The van der Waals surface area contributed by atoms with Crippen molar-refractivity contribution >= 4 is 114 Å². The van der Waals surface area contributed by atoms with E-state index in [1.807, 2.05) is 77.1 Å². The number of carbonyl (C=O) groups is 6. The van der Waals surface area contributed by atoms with Crippen LogP contribution in [0.5, 0.6) is 0 Å². The Morgan fingerprint density at radius 1 is 0.607 bits per heavy atom. The number of alkyl halides is 3. The summed E-state index contributed by atoms with van der Waals surface area (Å²) >= 11 is 9.92. The molecular formula is C92H101ClF3N5O13S3. The van der Waals surface area contributed by atoms with Crippen molar-refractivity contribution in [1.29, 1.82) is 0 Å². The van der Waals surface area contributed by atoms with Crippen LogP contribution in [0.25, 0.3) is 32.8 Å². The molecule has 4 aromatic heterocycles. The molecule has 117 heavy (non-hydrogen) atoms. The molecule has 0 bridgehead atoms. The number of nitrogens with zero attached hydrogens (tertiary/aromatic N) is 4. The maximum absolute atomic E-state index is 14.5. The van der Waals surface area contributed by atoms with Gasteiger partial charge in [0.1, 0.15) is 16.2 Å². The average molecular weight is 1670 g/mol. The number of ketones is 6. The van der Waals surface area contributed by atoms with Crippen LogP contribution in [0.2, 0.25) is 5.02 Å². The van der Waals surface area contributed by atoms with Gasteiger partial charge in [0.05, 0.1) is 63.3 Å². The van der Waals surface area contributed by atoms with Crippen molar-refractivity contribution < 1.29 is 76.9 Å². The summed E-state index contributed by atoms with van der Waals surface area (Å²) in [7, 11) is 0. The van der Waals surface area contributed by atoms with Crippen molar-refractivity contribution in [2.45, 2.75) is 214 Å². The number of ether oxygens (including phenoxy) is 2. The number of benzene rings is 2. The first-order valence-electron chi connectivity index (χ1n) is 41.2. The molecule has 5 heterocycles. The lowest BCUT2D eigenvalue weighted by atomic mass is 9.46. The molecule has 2 aromatic carbocycles. The predicted octanol–water partition coefficient (Wildman–Crippen LogP) is 16.1. The maximum atomic E-state index is 14.5. The molecule has 0 spiro atoms. The number of hydrogen-bond donors (Lipinski definition) is 6. The molecule has 18 nitrogen and oxygen atoms in total. The second kappa shape index (κ2) is 29.2. The van der Waals surface area contributed by atoms with Crippen LogP contribution in [0.4, 0.5) is 13.2 Å². The highest BCUT2D eigenvalue weighted by Gasteiger charge is 2.78. The fourth-order valence-corrected chi connectivity index (χ4v) is 29.2. The van der Waals surface area contributed by atoms with E-state index < -0.39 is 74.3 Å². The molecule has 15 unspecified atom stereocenters. The third kappa shape index (κ3) is 13.0. The summed E-state index contributed by atoms with van der Waals surface area (Å²) in [4.78, 5) is 99.4. The second-order valence-electron chi connectivity index (χ2n) is 37.6. The zero-order valence-electron chi connectivity index (χ0n) is 67.1. The Bertz CT molecular complexity index is 5350. The number of halogens is 4. The molecule has 19 rings (SSSR count). The van der Waals surface area contributed by atoms with Gasteiger partial charge in [-0.15, -0.1) is 11.8 Å². The molecule has 10 fully saturated rings. The monoisotopic (exact) mass is 1670 g/mol. The van der Waals surface area contributed by atoms with E-state index in [2.05, 4.69) is 58.7 Å². The largest absolute Gasteiger partial charge is 0.416 e. The van der Waals surface area contributed by atoms with Gasteiger partial charge in [0, 0.05) is 84.5 Å². The minimum Gasteiger partial charge on any atom is -0.393 e. The van der Waals surface area contributed by atoms with Crippen molar-refractivity contribution in [3.63, 3.8) is 0 Å². The predicted molar refractivity (Wildman–Crippen MR) is 441 cm³/mol. The minimum atomic E-state index is -4.48. The number of hydrogen-bond acceptors (Lipinski definition) is 20. The second-order valence-corrected chi connectivity index (χ2v) is 41.0. The number of allylic oxidation sites excluding steroid dienone is 12. The molecular weight excluding hydrogens is 1570 g/mol. The lowest BCUT2D eigenvalue weighted by Gasteiger charge is -2.60. The van der Waals surface area contributed by atoms with E-state index in [0.29, 0.717) is 57.3 Å². The molecule has 0 radical (unpaired) electrons. The highest BCUT2D eigenvalue weighted by Crippen LogP contribution is 2.73. The van der Waals surface area contributed by atoms with Crippen LogP contribution in [-0.4, -0.2) is 149 Å². The molecule has 1 aliphatic heterocycles. The number of aliphatic hydroxyl groups is 5. The number of thioether (sulfide) groups is 3. The van der Waals surface area contributed by atoms with E-state index in [1.165, 1.54) is 53.7 Å². The lowest BCUT2D eigenvalue weighted by molar-refractivity contribution is -0.223. The average Bonchev–Trinajstić information content (AvgIpc) is 1.50. The quantitative estimate of drug-likeness (QED) is 0.0621. The summed E-state index contributed by atoms with van der Waals surface area (Å²) in [6, 6.07) is 16.9. The standard InChI is InChI=1S/C33H37NO5S.C31H32F3NO4S.C28H32ClN3O4S/c1-30(2)38-27-16-24-23-10-9-20-15-21(35)11-13-31(20,3)28(23)25(36)17-32(24,4)33(27,39-30)26(37)18-40-29-22-8-6-5-7-19(22)12-14-34-29;1-28-10-7-19(36)13-17(28)3-5-20-22-8-11-30(39,29(22,2)15-24(37)27(20)28)26(38)16-40-25-9-12-35-23-14-18(31(32,33)34)4-6-21(23)25;1-14-8-19-18-5-4-15-9-17(33)6-7-26(15,2)23(18)21(34)11-27(19,3)28(14,36)22(35)13-37-25-31-20-10-16(29)12-30-24(20)32-25/h5-8,11-15,23-25,27-28,36H,9-10,16-18H2,1-4H3;4,6-7,9-10,12-14,20,22,24,27,37,39H,3,5,8,11,15-16H2,1-2H3;6-7,9-10,12,14,18-19,21,23,34,36H,4-5,8,11,13H2,1-3H3,(H,30,31,32)/t23?,24?,25-,27+,28?,31?,32?,33+;20?,22?,24-,27?,28?,29?,30-;14-,18?,19?,21+,23?,26?,27?,28+/m001/s1. The molecule has 618 valence electrons. The number of carbonyl (C=O) groups excluding carboxylic acids is 6. The number of imidazole rings is 1. The number of aliphatic hydroxyl groups excluding tert-OH is 3. The summed E-state index contributed by atoms with van der Waals surface area (Å²) in [6.45, 7) is 18.2. The third-order valence-corrected chi connectivity index (χ3v) is 34.7. The highest BCUT2D eigenvalue weighted by atomic mass is 35.5. The van der Waals surface area contributed by atoms with Gasteiger partial charge in [-0.25, -0.2) is 15.0 Å². The number of rotatable bonds is 12. The summed E-state index contributed by atoms with van der Waals surface area (Å²) < 4.78 is 52.8. The van der Waals surface area contributed by atoms with Crippen molar-refractivity contribution in [3.05, 3.63) is 161 Å². The van der Waals surface area contributed by atoms with Crippen molar-refractivity contribution in [2.24, 2.45) is 91.7 Å². The van der Waals surface area contributed by atoms with Gasteiger partial charge in [-0.2, -0.15) is 13.2 Å². The van der Waals surface area contributed by atoms with Gasteiger partial charge in [0.2, 0.25) is 0 Å². The first kappa shape index (κ1) is 82.5.